The Bertz CT molecular complexity index is 663. The summed E-state index contributed by atoms with van der Waals surface area (Å²) in [5, 5.41) is 0.924. The molecule has 20 heavy (non-hydrogen) atoms. The number of fused-ring (bicyclic) bond motifs is 1. The van der Waals surface area contributed by atoms with Crippen molar-refractivity contribution in [2.75, 3.05) is 11.4 Å². The highest BCUT2D eigenvalue weighted by molar-refractivity contribution is 7.09. The van der Waals surface area contributed by atoms with Crippen molar-refractivity contribution in [2.24, 2.45) is 5.92 Å². The zero-order valence-corrected chi connectivity index (χ0v) is 12.4. The molecule has 3 rings (SSSR count). The minimum atomic E-state index is -0.0209. The monoisotopic (exact) mass is 291 g/mol. The van der Waals surface area contributed by atoms with E-state index in [4.69, 9.17) is 0 Å². The summed E-state index contributed by atoms with van der Waals surface area (Å²) in [5.74, 6) is 1.46. The molecule has 0 fully saturated rings. The lowest BCUT2D eigenvalue weighted by molar-refractivity contribution is 0.624. The van der Waals surface area contributed by atoms with Crippen molar-refractivity contribution in [1.29, 1.82) is 0 Å². The number of aromatic amines is 1. The second-order valence-electron chi connectivity index (χ2n) is 5.42. The van der Waals surface area contributed by atoms with Gasteiger partial charge in [0, 0.05) is 30.1 Å². The van der Waals surface area contributed by atoms with Gasteiger partial charge in [0.15, 0.2) is 0 Å². The van der Waals surface area contributed by atoms with Gasteiger partial charge in [0.1, 0.15) is 5.82 Å². The molecular formula is C13H17N5OS. The van der Waals surface area contributed by atoms with E-state index in [1.165, 1.54) is 17.9 Å². The number of hydrogen-bond acceptors (Lipinski definition) is 6. The lowest BCUT2D eigenvalue weighted by atomic mass is 10.1. The number of aromatic nitrogens is 4. The molecule has 7 heteroatoms. The third kappa shape index (κ3) is 2.58. The number of anilines is 1. The van der Waals surface area contributed by atoms with Gasteiger partial charge in [-0.05, 0) is 12.3 Å². The van der Waals surface area contributed by atoms with Gasteiger partial charge in [-0.3, -0.25) is 4.79 Å². The lowest BCUT2D eigenvalue weighted by Gasteiger charge is -2.26. The fraction of sp³-hybridized carbons (Fsp3) is 0.538. The first-order chi connectivity index (χ1) is 9.63. The molecule has 0 spiro atoms. The Hall–Kier alpha value is -1.76. The van der Waals surface area contributed by atoms with Crippen molar-refractivity contribution in [2.45, 2.75) is 33.2 Å². The van der Waals surface area contributed by atoms with Gasteiger partial charge in [-0.15, -0.1) is 0 Å². The van der Waals surface area contributed by atoms with Gasteiger partial charge in [0.25, 0.3) is 5.56 Å². The summed E-state index contributed by atoms with van der Waals surface area (Å²) in [6.07, 6.45) is 3.07. The Balaban J connectivity index is 1.80. The van der Waals surface area contributed by atoms with Gasteiger partial charge >= 0.3 is 0 Å². The van der Waals surface area contributed by atoms with E-state index in [9.17, 15) is 4.79 Å². The molecule has 0 bridgehead atoms. The Morgan fingerprint density at radius 1 is 1.50 bits per heavy atom. The molecule has 0 amide bonds. The molecule has 1 aliphatic heterocycles. The van der Waals surface area contributed by atoms with Crippen LogP contribution in [0, 0.1) is 5.92 Å². The fourth-order valence-corrected chi connectivity index (χ4v) is 3.07. The highest BCUT2D eigenvalue weighted by Crippen LogP contribution is 2.23. The van der Waals surface area contributed by atoms with E-state index in [0.29, 0.717) is 18.9 Å². The molecule has 1 N–H and O–H groups in total. The maximum absolute atomic E-state index is 11.7. The number of nitrogens with zero attached hydrogens (tertiary/aromatic N) is 4. The molecule has 0 aliphatic carbocycles. The number of H-pyrrole nitrogens is 1. The van der Waals surface area contributed by atoms with Crippen LogP contribution in [0.15, 0.2) is 11.1 Å². The van der Waals surface area contributed by atoms with Crippen molar-refractivity contribution >= 4 is 16.7 Å². The van der Waals surface area contributed by atoms with Crippen molar-refractivity contribution < 1.29 is 0 Å². The highest BCUT2D eigenvalue weighted by Gasteiger charge is 2.22. The van der Waals surface area contributed by atoms with Crippen molar-refractivity contribution in [3.8, 4) is 0 Å². The average Bonchev–Trinajstić information content (AvgIpc) is 2.86. The number of nitrogens with one attached hydrogen (secondary N) is 1. The summed E-state index contributed by atoms with van der Waals surface area (Å²) in [5.41, 5.74) is 1.63. The average molecular weight is 291 g/mol. The molecule has 0 unspecified atom stereocenters. The van der Waals surface area contributed by atoms with Crippen LogP contribution in [0.2, 0.25) is 0 Å². The molecule has 0 radical (unpaired) electrons. The fourth-order valence-electron chi connectivity index (χ4n) is 2.35. The van der Waals surface area contributed by atoms with Crippen LogP contribution in [0.3, 0.4) is 0 Å². The topological polar surface area (TPSA) is 74.8 Å². The summed E-state index contributed by atoms with van der Waals surface area (Å²) in [4.78, 5) is 25.3. The summed E-state index contributed by atoms with van der Waals surface area (Å²) in [7, 11) is 0. The summed E-state index contributed by atoms with van der Waals surface area (Å²) in [6, 6.07) is 0. The van der Waals surface area contributed by atoms with E-state index in [2.05, 4.69) is 38.1 Å². The minimum absolute atomic E-state index is 0.0209. The second kappa shape index (κ2) is 5.32. The molecule has 6 nitrogen and oxygen atoms in total. The Morgan fingerprint density at radius 3 is 3.15 bits per heavy atom. The molecule has 1 aliphatic rings. The predicted molar refractivity (Wildman–Crippen MR) is 78.1 cm³/mol. The smallest absolute Gasteiger partial charge is 0.254 e. The molecular weight excluding hydrogens is 274 g/mol. The van der Waals surface area contributed by atoms with E-state index in [1.54, 1.807) is 0 Å². The van der Waals surface area contributed by atoms with Gasteiger partial charge in [-0.25, -0.2) is 9.97 Å². The van der Waals surface area contributed by atoms with Gasteiger partial charge in [-0.2, -0.15) is 4.37 Å². The quantitative estimate of drug-likeness (QED) is 0.924. The van der Waals surface area contributed by atoms with E-state index < -0.39 is 0 Å². The van der Waals surface area contributed by atoms with Crippen molar-refractivity contribution in [3.63, 3.8) is 0 Å². The van der Waals surface area contributed by atoms with Gasteiger partial charge in [-0.1, -0.05) is 13.8 Å². The first-order valence-electron chi connectivity index (χ1n) is 6.76. The standard InChI is InChI=1S/C13H17N5OS/c1-8(2)5-11-16-13(20-17-11)18-4-3-9-10(6-18)14-7-15-12(9)19/h7-8H,3-6H2,1-2H3,(H,14,15,19). The first-order valence-corrected chi connectivity index (χ1v) is 7.54. The largest absolute Gasteiger partial charge is 0.341 e. The summed E-state index contributed by atoms with van der Waals surface area (Å²) >= 11 is 1.43. The van der Waals surface area contributed by atoms with Crippen LogP contribution in [-0.4, -0.2) is 25.9 Å². The maximum atomic E-state index is 11.7. The maximum Gasteiger partial charge on any atom is 0.254 e. The molecule has 0 aromatic carbocycles. The molecule has 0 saturated carbocycles. The predicted octanol–water partition coefficient (Wildman–Crippen LogP) is 1.38. The number of rotatable bonds is 3. The first kappa shape index (κ1) is 13.2. The van der Waals surface area contributed by atoms with E-state index in [0.717, 1.165) is 35.2 Å². The molecule has 0 atom stereocenters. The highest BCUT2D eigenvalue weighted by atomic mass is 32.1. The number of hydrogen-bond donors (Lipinski definition) is 1. The third-order valence-electron chi connectivity index (χ3n) is 3.33. The zero-order valence-electron chi connectivity index (χ0n) is 11.6. The Kier molecular flexibility index (Phi) is 3.52. The van der Waals surface area contributed by atoms with Crippen molar-refractivity contribution in [3.05, 3.63) is 33.8 Å². The van der Waals surface area contributed by atoms with Crippen LogP contribution in [0.4, 0.5) is 5.13 Å². The summed E-state index contributed by atoms with van der Waals surface area (Å²) < 4.78 is 4.41. The Labute approximate surface area is 121 Å². The van der Waals surface area contributed by atoms with E-state index in [1.807, 2.05) is 0 Å². The third-order valence-corrected chi connectivity index (χ3v) is 4.14. The Morgan fingerprint density at radius 2 is 2.35 bits per heavy atom. The van der Waals surface area contributed by atoms with Crippen LogP contribution in [-0.2, 0) is 19.4 Å². The van der Waals surface area contributed by atoms with Gasteiger partial charge in [0.2, 0.25) is 5.13 Å². The minimum Gasteiger partial charge on any atom is -0.341 e. The molecule has 0 saturated heterocycles. The van der Waals surface area contributed by atoms with Gasteiger partial charge in [0.05, 0.1) is 18.6 Å². The van der Waals surface area contributed by atoms with E-state index in [-0.39, 0.29) is 5.56 Å². The van der Waals surface area contributed by atoms with Crippen LogP contribution >= 0.6 is 11.5 Å². The lowest BCUT2D eigenvalue weighted by Crippen LogP contribution is -2.34. The molecule has 2 aromatic rings. The molecule has 106 valence electrons. The molecule has 2 aromatic heterocycles. The van der Waals surface area contributed by atoms with Crippen LogP contribution in [0.25, 0.3) is 0 Å². The van der Waals surface area contributed by atoms with E-state index >= 15 is 0 Å². The SMILES string of the molecule is CC(C)Cc1nsc(N2CCc3c(nc[nH]c3=O)C2)n1. The normalized spacial score (nSPS) is 14.7. The van der Waals surface area contributed by atoms with Crippen LogP contribution in [0.5, 0.6) is 0 Å². The van der Waals surface area contributed by atoms with Crippen molar-refractivity contribution in [1.82, 2.24) is 19.3 Å². The van der Waals surface area contributed by atoms with Crippen LogP contribution in [0.1, 0.15) is 30.9 Å². The second-order valence-corrected chi connectivity index (χ2v) is 6.15. The summed E-state index contributed by atoms with van der Waals surface area (Å²) in [6.45, 7) is 5.75. The van der Waals surface area contributed by atoms with Crippen LogP contribution < -0.4 is 10.5 Å². The van der Waals surface area contributed by atoms with Gasteiger partial charge < -0.3 is 9.88 Å². The molecule has 3 heterocycles. The zero-order chi connectivity index (χ0) is 14.1.